The molecule has 12 rings (SSSR count). The molecule has 31 nitrogen and oxygen atoms in total. The van der Waals surface area contributed by atoms with E-state index >= 15 is 0 Å². The molecule has 4 aromatic heterocycles. The van der Waals surface area contributed by atoms with Crippen molar-refractivity contribution in [3.8, 4) is 11.4 Å². The number of ether oxygens (including phenoxy) is 3. The Morgan fingerprint density at radius 1 is 0.629 bits per heavy atom. The highest BCUT2D eigenvalue weighted by Crippen LogP contribution is 2.47. The number of carboxylic acids is 1. The quantitative estimate of drug-likeness (QED) is 0.0380. The highest BCUT2D eigenvalue weighted by molar-refractivity contribution is 9.10. The van der Waals surface area contributed by atoms with Crippen molar-refractivity contribution in [2.24, 2.45) is 0 Å². The SMILES string of the molecule is Nc1ccn([C@@H]2O[C@H](CO)C(OP(=O)([O-])[O-])[C@@H]2O)c(=O)n1.Nc1ccn([C@@H]2O[C@H](COC(=O)CSc3nnc(Br)n3-c3ccc(C4CC4)c4ccccc34)C(OP(=O)([O-])[O-])[C@@H]2O)c(=O)n1.O=C(O)CSc1nnc(Br)n1-c1ccc(C2CC2)c2ccccc12. The van der Waals surface area contributed by atoms with E-state index in [0.29, 0.717) is 31.6 Å². The van der Waals surface area contributed by atoms with Gasteiger partial charge in [-0.15, -0.1) is 20.4 Å². The van der Waals surface area contributed by atoms with E-state index in [0.717, 1.165) is 73.0 Å². The van der Waals surface area contributed by atoms with Gasteiger partial charge < -0.3 is 83.9 Å². The number of hydrogen-bond donors (Lipinski definition) is 6. The lowest BCUT2D eigenvalue weighted by atomic mass is 9.99. The first-order valence-corrected chi connectivity index (χ1v) is 33.1. The Hall–Kier alpha value is -6.34. The number of carbonyl (C=O) groups excluding carboxylic acids is 1. The van der Waals surface area contributed by atoms with Gasteiger partial charge in [-0.3, -0.25) is 27.9 Å². The summed E-state index contributed by atoms with van der Waals surface area (Å²) in [5.74, 6) is -0.837. The van der Waals surface area contributed by atoms with Crippen molar-refractivity contribution in [1.82, 2.24) is 48.6 Å². The summed E-state index contributed by atoms with van der Waals surface area (Å²) in [6.07, 6.45) is -5.32. The van der Waals surface area contributed by atoms with Gasteiger partial charge in [-0.2, -0.15) is 9.97 Å². The number of aliphatic carboxylic acids is 1. The van der Waals surface area contributed by atoms with E-state index in [1.54, 1.807) is 4.57 Å². The lowest BCUT2D eigenvalue weighted by Crippen LogP contribution is -2.40. The first-order valence-electron chi connectivity index (χ1n) is 26.6. The number of carbonyl (C=O) groups is 2. The number of nitrogens with zero attached hydrogens (tertiary/aromatic N) is 10. The molecule has 6 heterocycles. The van der Waals surface area contributed by atoms with Crippen LogP contribution in [0.25, 0.3) is 32.9 Å². The molecule has 89 heavy (non-hydrogen) atoms. The number of carboxylic acid groups (broad SMARTS) is 1. The molecule has 8 aromatic rings. The predicted octanol–water partition coefficient (Wildman–Crippen LogP) is 1.53. The third-order valence-corrected chi connectivity index (χ3v) is 18.0. The van der Waals surface area contributed by atoms with Crippen molar-refractivity contribution in [2.45, 2.75) is 96.9 Å². The van der Waals surface area contributed by atoms with Crippen molar-refractivity contribution in [2.75, 3.05) is 36.2 Å². The first kappa shape index (κ1) is 65.6. The van der Waals surface area contributed by atoms with Crippen molar-refractivity contribution >= 4 is 116 Å². The summed E-state index contributed by atoms with van der Waals surface area (Å²) in [5.41, 5.74) is 13.5. The minimum atomic E-state index is -5.61. The zero-order chi connectivity index (χ0) is 63.6. The standard InChI is InChI=1S/C26H26BrN6O9PS.C17H14BrN3O2S.C9H14N3O8P/c27-24-30-31-26(33(24)17-8-7-14(13-5-6-13)15-3-1-2-4-16(15)17)44-12-20(34)40-11-18-22(42-43(37,38)39)21(35)23(41-18)32-10-9-19(28)29-25(32)36;18-16-19-20-17(24-9-15(22)23)21(16)14-8-7-11(10-5-6-10)12-3-1-2-4-13(12)14;10-5-1-2-12(9(15)11-5)8-6(14)7(4(3-13)19-8)20-21(16,17)18/h1-4,7-10,13,18,21-23,35H,5-6,11-12H2,(H2,28,29,36)(H2,37,38,39);1-4,7-8,10H,5-6,9H2,(H,22,23);1-2,4,6-8,13-14H,3H2,(H2,10,11,15)(H2,16,17,18)/p-4/t18-,21+,22?,23-;;4-,6+,7?,8-/m1.1/s1. The van der Waals surface area contributed by atoms with Gasteiger partial charge in [-0.05, 0) is 116 Å². The first-order chi connectivity index (χ1) is 42.4. The average molecular weight is 1430 g/mol. The molecule has 0 bridgehead atoms. The molecule has 0 spiro atoms. The maximum atomic E-state index is 12.8. The van der Waals surface area contributed by atoms with E-state index in [9.17, 15) is 58.1 Å². The van der Waals surface area contributed by atoms with Gasteiger partial charge in [0.05, 0.1) is 45.1 Å². The molecule has 2 saturated heterocycles. The molecule has 0 radical (unpaired) electrons. The van der Waals surface area contributed by atoms with Crippen LogP contribution in [0.3, 0.4) is 0 Å². The molecular weight excluding hydrogens is 1380 g/mol. The molecule has 472 valence electrons. The van der Waals surface area contributed by atoms with E-state index in [1.165, 1.54) is 53.9 Å². The number of phosphoric ester groups is 2. The second-order valence-corrected chi connectivity index (χ2v) is 25.7. The number of halogens is 2. The molecule has 2 aliphatic carbocycles. The minimum Gasteiger partial charge on any atom is -0.790 e. The van der Waals surface area contributed by atoms with Gasteiger partial charge in [0, 0.05) is 23.2 Å². The number of phosphoric acid groups is 2. The van der Waals surface area contributed by atoms with Crippen LogP contribution in [0.2, 0.25) is 0 Å². The Labute approximate surface area is 527 Å². The predicted molar refractivity (Wildman–Crippen MR) is 315 cm³/mol. The third kappa shape index (κ3) is 15.5. The zero-order valence-corrected chi connectivity index (χ0v) is 52.3. The number of aromatic nitrogens is 10. The molecule has 0 amide bonds. The lowest BCUT2D eigenvalue weighted by molar-refractivity contribution is -0.348. The van der Waals surface area contributed by atoms with Crippen LogP contribution in [0.5, 0.6) is 0 Å². The van der Waals surface area contributed by atoms with Crippen LogP contribution in [-0.4, -0.2) is 142 Å². The summed E-state index contributed by atoms with van der Waals surface area (Å²) in [7, 11) is -11.0. The van der Waals surface area contributed by atoms with E-state index in [-0.39, 0.29) is 23.1 Å². The summed E-state index contributed by atoms with van der Waals surface area (Å²) in [5, 5.41) is 60.6. The second-order valence-electron chi connectivity index (χ2n) is 20.2. The van der Waals surface area contributed by atoms with Crippen molar-refractivity contribution in [3.05, 3.63) is 139 Å². The van der Waals surface area contributed by atoms with Crippen LogP contribution in [0, 0.1) is 0 Å². The molecule has 8 atom stereocenters. The van der Waals surface area contributed by atoms with E-state index < -0.39 is 101 Å². The molecule has 4 aliphatic rings. The summed E-state index contributed by atoms with van der Waals surface area (Å²) >= 11 is 9.10. The number of aliphatic hydroxyl groups excluding tert-OH is 3. The maximum absolute atomic E-state index is 12.8. The summed E-state index contributed by atoms with van der Waals surface area (Å²) in [4.78, 5) is 98.6. The Bertz CT molecular complexity index is 4170. The van der Waals surface area contributed by atoms with Gasteiger partial charge in [0.1, 0.15) is 54.9 Å². The topological polar surface area (TPSA) is 471 Å². The second kappa shape index (κ2) is 27.6. The number of nitrogen functional groups attached to an aromatic ring is 2. The van der Waals surface area contributed by atoms with E-state index in [2.05, 4.69) is 114 Å². The maximum Gasteiger partial charge on any atom is 0.351 e. The minimum absolute atomic E-state index is 0.0524. The molecule has 2 aliphatic heterocycles. The number of nitrogens with two attached hydrogens (primary N) is 2. The fourth-order valence-electron chi connectivity index (χ4n) is 10.0. The fraction of sp³-hybridized carbons (Fsp3) is 0.346. The lowest BCUT2D eigenvalue weighted by Gasteiger charge is -2.34. The van der Waals surface area contributed by atoms with Crippen molar-refractivity contribution in [3.63, 3.8) is 0 Å². The highest BCUT2D eigenvalue weighted by Gasteiger charge is 2.48. The van der Waals surface area contributed by atoms with E-state index in [4.69, 9.17) is 35.9 Å². The Balaban J connectivity index is 0.000000163. The summed E-state index contributed by atoms with van der Waals surface area (Å²) in [6.45, 7) is -1.33. The smallest absolute Gasteiger partial charge is 0.351 e. The van der Waals surface area contributed by atoms with Crippen molar-refractivity contribution in [1.29, 1.82) is 0 Å². The molecule has 8 N–H and O–H groups in total. The highest BCUT2D eigenvalue weighted by atomic mass is 79.9. The number of benzene rings is 4. The Morgan fingerprint density at radius 3 is 1.45 bits per heavy atom. The fourth-order valence-corrected chi connectivity index (χ4v) is 13.7. The molecule has 2 saturated carbocycles. The Kier molecular flexibility index (Phi) is 20.4. The summed E-state index contributed by atoms with van der Waals surface area (Å²) in [6, 6.07) is 27.2. The number of anilines is 2. The number of rotatable bonds is 19. The molecule has 37 heteroatoms. The van der Waals surface area contributed by atoms with Crippen LogP contribution in [-0.2, 0) is 42.0 Å². The molecule has 2 unspecified atom stereocenters. The van der Waals surface area contributed by atoms with Crippen LogP contribution < -0.4 is 42.4 Å². The van der Waals surface area contributed by atoms with Crippen LogP contribution in [0.4, 0.5) is 11.6 Å². The van der Waals surface area contributed by atoms with E-state index in [1.807, 2.05) is 34.9 Å². The van der Waals surface area contributed by atoms with Crippen molar-refractivity contribution < 1.29 is 82.0 Å². The Morgan fingerprint density at radius 2 is 1.04 bits per heavy atom. The van der Waals surface area contributed by atoms with Gasteiger partial charge >= 0.3 is 23.3 Å². The van der Waals surface area contributed by atoms with Gasteiger partial charge in [0.2, 0.25) is 9.47 Å². The number of esters is 1. The largest absolute Gasteiger partial charge is 0.790 e. The monoisotopic (exact) mass is 1430 g/mol. The molecule has 4 fully saturated rings. The van der Waals surface area contributed by atoms with Gasteiger partial charge in [0.15, 0.2) is 22.8 Å². The molecule has 4 aromatic carbocycles. The number of fused-ring (bicyclic) bond motifs is 2. The van der Waals surface area contributed by atoms with Gasteiger partial charge in [-0.25, -0.2) is 9.59 Å². The third-order valence-electron chi connectivity index (χ3n) is 14.2. The number of hydrogen-bond acceptors (Lipinski definition) is 28. The van der Waals surface area contributed by atoms with Crippen LogP contribution in [0.15, 0.2) is 127 Å². The van der Waals surface area contributed by atoms with Crippen LogP contribution >= 0.6 is 71.0 Å². The zero-order valence-electron chi connectivity index (χ0n) is 45.7. The van der Waals surface area contributed by atoms with Crippen LogP contribution in [0.1, 0.15) is 61.1 Å². The number of aliphatic hydroxyl groups is 3. The average Bonchev–Trinajstić information content (AvgIpc) is 1.99. The molecular formula is C52H50Br2N12O19P2S2-4. The summed E-state index contributed by atoms with van der Waals surface area (Å²) < 4.78 is 53.1. The van der Waals surface area contributed by atoms with Gasteiger partial charge in [0.25, 0.3) is 0 Å². The normalized spacial score (nSPS) is 21.7. The number of thioether (sulfide) groups is 2. The van der Waals surface area contributed by atoms with Gasteiger partial charge in [-0.1, -0.05) is 84.2 Å².